The number of methoxy groups -OCH3 is 1. The van der Waals surface area contributed by atoms with Gasteiger partial charge < -0.3 is 14.8 Å². The lowest BCUT2D eigenvalue weighted by molar-refractivity contribution is -0.148. The average molecular weight is 418 g/mol. The maximum Gasteiger partial charge on any atom is 0.331 e. The Morgan fingerprint density at radius 2 is 1.96 bits per heavy atom. The molecule has 0 aliphatic carbocycles. The molecule has 2 rings (SSSR count). The molecular formula is C20H20BrNO4. The van der Waals surface area contributed by atoms with E-state index in [1.165, 1.54) is 13.0 Å². The number of carbonyl (C=O) groups is 2. The molecule has 0 aromatic heterocycles. The molecule has 26 heavy (non-hydrogen) atoms. The fraction of sp³-hybridized carbons (Fsp3) is 0.200. The van der Waals surface area contributed by atoms with E-state index in [0.29, 0.717) is 11.4 Å². The van der Waals surface area contributed by atoms with Crippen LogP contribution in [0.3, 0.4) is 0 Å². The first-order valence-corrected chi connectivity index (χ1v) is 8.78. The molecule has 1 amide bonds. The molecule has 0 heterocycles. The highest BCUT2D eigenvalue weighted by Gasteiger charge is 2.17. The van der Waals surface area contributed by atoms with Crippen molar-refractivity contribution in [2.45, 2.75) is 20.0 Å². The minimum Gasteiger partial charge on any atom is -0.497 e. The van der Waals surface area contributed by atoms with Crippen molar-refractivity contribution in [2.75, 3.05) is 12.4 Å². The van der Waals surface area contributed by atoms with Crippen LogP contribution < -0.4 is 10.1 Å². The zero-order chi connectivity index (χ0) is 19.1. The summed E-state index contributed by atoms with van der Waals surface area (Å²) in [6.45, 7) is 3.50. The van der Waals surface area contributed by atoms with Crippen LogP contribution in [-0.4, -0.2) is 25.1 Å². The van der Waals surface area contributed by atoms with Gasteiger partial charge in [-0.2, -0.15) is 0 Å². The third-order valence-electron chi connectivity index (χ3n) is 3.55. The number of aryl methyl sites for hydroxylation is 1. The number of benzene rings is 2. The lowest BCUT2D eigenvalue weighted by Gasteiger charge is -2.13. The van der Waals surface area contributed by atoms with Crippen LogP contribution in [0.15, 0.2) is 53.0 Å². The fourth-order valence-electron chi connectivity index (χ4n) is 2.14. The van der Waals surface area contributed by atoms with Crippen molar-refractivity contribution in [3.8, 4) is 5.75 Å². The summed E-state index contributed by atoms with van der Waals surface area (Å²) in [5.41, 5.74) is 2.52. The van der Waals surface area contributed by atoms with E-state index in [-0.39, 0.29) is 0 Å². The first-order valence-electron chi connectivity index (χ1n) is 7.99. The third-order valence-corrected chi connectivity index (χ3v) is 4.24. The maximum absolute atomic E-state index is 12.2. The van der Waals surface area contributed by atoms with Gasteiger partial charge in [-0.15, -0.1) is 0 Å². The van der Waals surface area contributed by atoms with Crippen molar-refractivity contribution in [2.24, 2.45) is 0 Å². The number of ether oxygens (including phenoxy) is 2. The Balaban J connectivity index is 1.93. The third kappa shape index (κ3) is 5.74. The summed E-state index contributed by atoms with van der Waals surface area (Å²) in [4.78, 5) is 24.1. The molecule has 0 spiro atoms. The molecule has 0 fully saturated rings. The zero-order valence-electron chi connectivity index (χ0n) is 14.8. The zero-order valence-corrected chi connectivity index (χ0v) is 16.4. The van der Waals surface area contributed by atoms with E-state index in [4.69, 9.17) is 9.47 Å². The predicted molar refractivity (Wildman–Crippen MR) is 105 cm³/mol. The Kier molecular flexibility index (Phi) is 6.97. The smallest absolute Gasteiger partial charge is 0.331 e. The maximum atomic E-state index is 12.2. The van der Waals surface area contributed by atoms with E-state index < -0.39 is 18.0 Å². The van der Waals surface area contributed by atoms with Gasteiger partial charge in [-0.05, 0) is 49.2 Å². The Morgan fingerprint density at radius 1 is 1.19 bits per heavy atom. The van der Waals surface area contributed by atoms with E-state index >= 15 is 0 Å². The highest BCUT2D eigenvalue weighted by atomic mass is 79.9. The molecule has 5 nitrogen and oxygen atoms in total. The lowest BCUT2D eigenvalue weighted by atomic mass is 10.1. The van der Waals surface area contributed by atoms with Gasteiger partial charge in [0, 0.05) is 22.3 Å². The monoisotopic (exact) mass is 417 g/mol. The molecule has 0 aliphatic rings. The first kappa shape index (κ1) is 19.7. The normalized spacial score (nSPS) is 11.8. The summed E-state index contributed by atoms with van der Waals surface area (Å²) in [5.74, 6) is -0.388. The highest BCUT2D eigenvalue weighted by Crippen LogP contribution is 2.20. The summed E-state index contributed by atoms with van der Waals surface area (Å²) in [6.07, 6.45) is 2.00. The molecule has 0 bridgehead atoms. The molecular weight excluding hydrogens is 398 g/mol. The number of anilines is 1. The summed E-state index contributed by atoms with van der Waals surface area (Å²) in [6, 6.07) is 12.7. The van der Waals surface area contributed by atoms with Crippen molar-refractivity contribution in [3.63, 3.8) is 0 Å². The first-order chi connectivity index (χ1) is 12.4. The van der Waals surface area contributed by atoms with Crippen LogP contribution in [0.2, 0.25) is 0 Å². The van der Waals surface area contributed by atoms with Crippen LogP contribution in [0.25, 0.3) is 6.08 Å². The van der Waals surface area contributed by atoms with Gasteiger partial charge in [0.25, 0.3) is 5.91 Å². The summed E-state index contributed by atoms with van der Waals surface area (Å²) in [5, 5.41) is 2.68. The standard InChI is InChI=1S/C20H20BrNO4/c1-13-7-8-15(18(21)11-13)9-10-19(23)26-14(2)20(24)22-16-5-4-6-17(12-16)25-3/h4-12,14H,1-3H3,(H,22,24)/b10-9+/t14-/m1/s1. The number of nitrogens with one attached hydrogen (secondary N) is 1. The number of amides is 1. The summed E-state index contributed by atoms with van der Waals surface area (Å²) < 4.78 is 11.1. The molecule has 1 N–H and O–H groups in total. The van der Waals surface area contributed by atoms with Crippen LogP contribution in [0.5, 0.6) is 5.75 Å². The lowest BCUT2D eigenvalue weighted by Crippen LogP contribution is -2.29. The second-order valence-corrected chi connectivity index (χ2v) is 6.51. The number of carbonyl (C=O) groups excluding carboxylic acids is 2. The van der Waals surface area contributed by atoms with Crippen LogP contribution in [0.4, 0.5) is 5.69 Å². The van der Waals surface area contributed by atoms with E-state index in [9.17, 15) is 9.59 Å². The van der Waals surface area contributed by atoms with Crippen LogP contribution in [0, 0.1) is 6.92 Å². The average Bonchev–Trinajstić information content (AvgIpc) is 2.61. The molecule has 0 aliphatic heterocycles. The number of rotatable bonds is 6. The molecule has 2 aromatic carbocycles. The van der Waals surface area contributed by atoms with Gasteiger partial charge in [-0.25, -0.2) is 4.79 Å². The van der Waals surface area contributed by atoms with Crippen molar-refractivity contribution in [3.05, 3.63) is 64.1 Å². The van der Waals surface area contributed by atoms with Gasteiger partial charge in [0.1, 0.15) is 5.75 Å². The van der Waals surface area contributed by atoms with Crippen molar-refractivity contribution in [1.29, 1.82) is 0 Å². The van der Waals surface area contributed by atoms with Gasteiger partial charge in [0.05, 0.1) is 7.11 Å². The molecule has 0 unspecified atom stereocenters. The Labute approximate surface area is 161 Å². The van der Waals surface area contributed by atoms with Crippen molar-refractivity contribution in [1.82, 2.24) is 0 Å². The molecule has 0 radical (unpaired) electrons. The van der Waals surface area contributed by atoms with Crippen molar-refractivity contribution < 1.29 is 19.1 Å². The van der Waals surface area contributed by atoms with Crippen LogP contribution in [0.1, 0.15) is 18.1 Å². The number of hydrogen-bond donors (Lipinski definition) is 1. The van der Waals surface area contributed by atoms with E-state index in [2.05, 4.69) is 21.2 Å². The van der Waals surface area contributed by atoms with Crippen molar-refractivity contribution >= 4 is 39.6 Å². The van der Waals surface area contributed by atoms with Gasteiger partial charge >= 0.3 is 5.97 Å². The summed E-state index contributed by atoms with van der Waals surface area (Å²) in [7, 11) is 1.55. The van der Waals surface area contributed by atoms with E-state index in [0.717, 1.165) is 15.6 Å². The Bertz CT molecular complexity index is 832. The Hall–Kier alpha value is -2.60. The molecule has 2 aromatic rings. The number of esters is 1. The number of halogens is 1. The second kappa shape index (κ2) is 9.20. The van der Waals surface area contributed by atoms with Gasteiger partial charge in [-0.3, -0.25) is 4.79 Å². The van der Waals surface area contributed by atoms with Crippen LogP contribution in [-0.2, 0) is 14.3 Å². The summed E-state index contributed by atoms with van der Waals surface area (Å²) >= 11 is 3.44. The van der Waals surface area contributed by atoms with E-state index in [1.54, 1.807) is 37.5 Å². The van der Waals surface area contributed by atoms with Gasteiger partial charge in [0.15, 0.2) is 6.10 Å². The minimum atomic E-state index is -0.931. The number of hydrogen-bond acceptors (Lipinski definition) is 4. The molecule has 0 saturated carbocycles. The molecule has 6 heteroatoms. The fourth-order valence-corrected chi connectivity index (χ4v) is 2.76. The van der Waals surface area contributed by atoms with Crippen LogP contribution >= 0.6 is 15.9 Å². The van der Waals surface area contributed by atoms with E-state index in [1.807, 2.05) is 25.1 Å². The molecule has 136 valence electrons. The van der Waals surface area contributed by atoms with Gasteiger partial charge in [0.2, 0.25) is 0 Å². The largest absolute Gasteiger partial charge is 0.497 e. The predicted octanol–water partition coefficient (Wildman–Crippen LogP) is 4.35. The highest BCUT2D eigenvalue weighted by molar-refractivity contribution is 9.10. The molecule has 0 saturated heterocycles. The van der Waals surface area contributed by atoms with Gasteiger partial charge in [-0.1, -0.05) is 34.1 Å². The topological polar surface area (TPSA) is 64.6 Å². The molecule has 1 atom stereocenters. The Morgan fingerprint density at radius 3 is 2.65 bits per heavy atom. The SMILES string of the molecule is COc1cccc(NC(=O)[C@@H](C)OC(=O)/C=C/c2ccc(C)cc2Br)c1. The minimum absolute atomic E-state index is 0.420. The second-order valence-electron chi connectivity index (χ2n) is 5.66. The quantitative estimate of drug-likeness (QED) is 0.560.